The molecule has 0 radical (unpaired) electrons. The number of hydrogen-bond acceptors (Lipinski definition) is 3. The first kappa shape index (κ1) is 17.0. The van der Waals surface area contributed by atoms with Crippen LogP contribution in [0.1, 0.15) is 53.0 Å². The number of carbonyl (C=O) groups is 1. The van der Waals surface area contributed by atoms with Crippen molar-refractivity contribution in [1.82, 2.24) is 19.8 Å². The van der Waals surface area contributed by atoms with E-state index in [4.69, 9.17) is 0 Å². The second kappa shape index (κ2) is 6.48. The molecule has 1 unspecified atom stereocenters. The van der Waals surface area contributed by atoms with Gasteiger partial charge in [0.15, 0.2) is 0 Å². The minimum atomic E-state index is 0.174. The lowest BCUT2D eigenvalue weighted by molar-refractivity contribution is 0.0685. The summed E-state index contributed by atoms with van der Waals surface area (Å²) in [6.07, 6.45) is 10.7. The van der Waals surface area contributed by atoms with E-state index < -0.39 is 0 Å². The molecule has 2 aliphatic carbocycles. The fraction of sp³-hybridized carbons (Fsp3) is 0.545. The SMILES string of the molecule is Cn1ccnc1CN(C(=O)c1ccc2c(c1)CCC2)C1CC12CCNCC2. The molecule has 27 heavy (non-hydrogen) atoms. The molecule has 142 valence electrons. The molecule has 1 amide bonds. The summed E-state index contributed by atoms with van der Waals surface area (Å²) in [6.45, 7) is 2.73. The third kappa shape index (κ3) is 2.98. The van der Waals surface area contributed by atoms with Crippen molar-refractivity contribution in [3.8, 4) is 0 Å². The van der Waals surface area contributed by atoms with Crippen LogP contribution >= 0.6 is 0 Å². The predicted octanol–water partition coefficient (Wildman–Crippen LogP) is 2.69. The maximum atomic E-state index is 13.6. The monoisotopic (exact) mass is 364 g/mol. The van der Waals surface area contributed by atoms with E-state index in [0.717, 1.165) is 43.7 Å². The highest BCUT2D eigenvalue weighted by Gasteiger charge is 2.58. The van der Waals surface area contributed by atoms with Gasteiger partial charge in [-0.3, -0.25) is 4.79 Å². The molecule has 1 aliphatic heterocycles. The first-order chi connectivity index (χ1) is 13.2. The maximum absolute atomic E-state index is 13.6. The predicted molar refractivity (Wildman–Crippen MR) is 104 cm³/mol. The molecule has 1 spiro atoms. The summed E-state index contributed by atoms with van der Waals surface area (Å²) in [7, 11) is 2.01. The van der Waals surface area contributed by atoms with Gasteiger partial charge in [0.2, 0.25) is 0 Å². The number of hydrogen-bond donors (Lipinski definition) is 1. The number of fused-ring (bicyclic) bond motifs is 1. The van der Waals surface area contributed by atoms with Gasteiger partial charge in [-0.05, 0) is 80.3 Å². The van der Waals surface area contributed by atoms with Crippen molar-refractivity contribution in [3.63, 3.8) is 0 Å². The standard InChI is InChI=1S/C22H28N4O/c1-25-12-11-24-20(25)15-26(19-14-22(19)7-9-23-10-8-22)21(27)18-6-5-16-3-2-4-17(16)13-18/h5-6,11-13,19,23H,2-4,7-10,14-15H2,1H3. The normalized spacial score (nSPS) is 22.6. The topological polar surface area (TPSA) is 50.2 Å². The summed E-state index contributed by atoms with van der Waals surface area (Å²) in [6, 6.07) is 6.70. The Morgan fingerprint density at radius 1 is 1.30 bits per heavy atom. The number of amides is 1. The number of imidazole rings is 1. The van der Waals surface area contributed by atoms with Crippen LogP contribution in [0.4, 0.5) is 0 Å². The number of piperidine rings is 1. The number of aromatic nitrogens is 2. The van der Waals surface area contributed by atoms with Gasteiger partial charge in [0.25, 0.3) is 5.91 Å². The number of aryl methyl sites for hydroxylation is 3. The molecule has 3 aliphatic rings. The maximum Gasteiger partial charge on any atom is 0.254 e. The van der Waals surface area contributed by atoms with Gasteiger partial charge in [-0.15, -0.1) is 0 Å². The molecule has 1 saturated carbocycles. The molecular weight excluding hydrogens is 336 g/mol. The lowest BCUT2D eigenvalue weighted by atomic mass is 9.93. The van der Waals surface area contributed by atoms with Gasteiger partial charge in [-0.1, -0.05) is 6.07 Å². The lowest BCUT2D eigenvalue weighted by Crippen LogP contribution is -2.39. The molecule has 1 atom stereocenters. The smallest absolute Gasteiger partial charge is 0.254 e. The number of rotatable bonds is 4. The molecule has 5 heteroatoms. The Kier molecular flexibility index (Phi) is 4.08. The summed E-state index contributed by atoms with van der Waals surface area (Å²) in [5.41, 5.74) is 3.96. The Balaban J connectivity index is 1.44. The highest BCUT2D eigenvalue weighted by Crippen LogP contribution is 2.56. The lowest BCUT2D eigenvalue weighted by Gasteiger charge is -2.29. The Bertz CT molecular complexity index is 865. The summed E-state index contributed by atoms with van der Waals surface area (Å²) in [4.78, 5) is 20.2. The van der Waals surface area contributed by atoms with Crippen LogP contribution in [-0.4, -0.2) is 39.5 Å². The molecule has 0 bridgehead atoms. The number of carbonyl (C=O) groups excluding carboxylic acids is 1. The van der Waals surface area contributed by atoms with E-state index in [1.54, 1.807) is 0 Å². The molecule has 1 aromatic carbocycles. The zero-order chi connectivity index (χ0) is 18.4. The van der Waals surface area contributed by atoms with Crippen molar-refractivity contribution in [3.05, 3.63) is 53.1 Å². The Labute approximate surface area is 160 Å². The summed E-state index contributed by atoms with van der Waals surface area (Å²) in [5.74, 6) is 1.13. The minimum Gasteiger partial charge on any atom is -0.337 e. The van der Waals surface area contributed by atoms with Gasteiger partial charge in [0, 0.05) is 31.0 Å². The molecule has 1 aromatic heterocycles. The number of nitrogens with one attached hydrogen (secondary N) is 1. The van der Waals surface area contributed by atoms with E-state index in [1.807, 2.05) is 30.1 Å². The van der Waals surface area contributed by atoms with Crippen LogP contribution in [0.25, 0.3) is 0 Å². The molecule has 2 heterocycles. The van der Waals surface area contributed by atoms with E-state index in [1.165, 1.54) is 30.4 Å². The van der Waals surface area contributed by atoms with Crippen LogP contribution in [0, 0.1) is 5.41 Å². The highest BCUT2D eigenvalue weighted by molar-refractivity contribution is 5.95. The first-order valence-corrected chi connectivity index (χ1v) is 10.3. The van der Waals surface area contributed by atoms with Crippen LogP contribution < -0.4 is 5.32 Å². The van der Waals surface area contributed by atoms with E-state index in [2.05, 4.69) is 27.3 Å². The molecule has 2 fully saturated rings. The van der Waals surface area contributed by atoms with Gasteiger partial charge in [-0.25, -0.2) is 4.98 Å². The average molecular weight is 364 g/mol. The molecule has 5 rings (SSSR count). The Morgan fingerprint density at radius 3 is 2.89 bits per heavy atom. The van der Waals surface area contributed by atoms with Gasteiger partial charge in [-0.2, -0.15) is 0 Å². The summed E-state index contributed by atoms with van der Waals surface area (Å²) < 4.78 is 2.03. The van der Waals surface area contributed by atoms with Crippen LogP contribution in [0.2, 0.25) is 0 Å². The summed E-state index contributed by atoms with van der Waals surface area (Å²) in [5, 5.41) is 3.46. The molecule has 5 nitrogen and oxygen atoms in total. The Hall–Kier alpha value is -2.14. The van der Waals surface area contributed by atoms with Gasteiger partial charge < -0.3 is 14.8 Å². The highest BCUT2D eigenvalue weighted by atomic mass is 16.2. The zero-order valence-electron chi connectivity index (χ0n) is 16.1. The van der Waals surface area contributed by atoms with Crippen molar-refractivity contribution in [2.45, 2.75) is 51.1 Å². The van der Waals surface area contributed by atoms with Crippen molar-refractivity contribution in [2.75, 3.05) is 13.1 Å². The van der Waals surface area contributed by atoms with Crippen LogP contribution in [0.5, 0.6) is 0 Å². The van der Waals surface area contributed by atoms with Crippen molar-refractivity contribution >= 4 is 5.91 Å². The second-order valence-electron chi connectivity index (χ2n) is 8.56. The Morgan fingerprint density at radius 2 is 2.11 bits per heavy atom. The third-order valence-corrected chi connectivity index (χ3v) is 6.96. The minimum absolute atomic E-state index is 0.174. The van der Waals surface area contributed by atoms with E-state index in [0.29, 0.717) is 18.0 Å². The number of benzene rings is 1. The molecule has 2 aromatic rings. The zero-order valence-corrected chi connectivity index (χ0v) is 16.1. The summed E-state index contributed by atoms with van der Waals surface area (Å²) >= 11 is 0. The molecular formula is C22H28N4O. The second-order valence-corrected chi connectivity index (χ2v) is 8.56. The number of nitrogens with zero attached hydrogens (tertiary/aromatic N) is 3. The fourth-order valence-corrected chi connectivity index (χ4v) is 5.12. The van der Waals surface area contributed by atoms with Gasteiger partial charge >= 0.3 is 0 Å². The van der Waals surface area contributed by atoms with E-state index >= 15 is 0 Å². The van der Waals surface area contributed by atoms with Gasteiger partial charge in [0.1, 0.15) is 5.82 Å². The fourth-order valence-electron chi connectivity index (χ4n) is 5.12. The van der Waals surface area contributed by atoms with E-state index in [9.17, 15) is 4.79 Å². The third-order valence-electron chi connectivity index (χ3n) is 6.96. The van der Waals surface area contributed by atoms with Gasteiger partial charge in [0.05, 0.1) is 6.54 Å². The van der Waals surface area contributed by atoms with Crippen molar-refractivity contribution in [2.24, 2.45) is 12.5 Å². The van der Waals surface area contributed by atoms with Crippen LogP contribution in [0.3, 0.4) is 0 Å². The molecule has 1 saturated heterocycles. The van der Waals surface area contributed by atoms with Crippen molar-refractivity contribution in [1.29, 1.82) is 0 Å². The first-order valence-electron chi connectivity index (χ1n) is 10.3. The van der Waals surface area contributed by atoms with Crippen LogP contribution in [-0.2, 0) is 26.4 Å². The largest absolute Gasteiger partial charge is 0.337 e. The quantitative estimate of drug-likeness (QED) is 0.907. The van der Waals surface area contributed by atoms with Crippen molar-refractivity contribution < 1.29 is 4.79 Å². The average Bonchev–Trinajstić information content (AvgIpc) is 3.02. The molecule has 1 N–H and O–H groups in total. The van der Waals surface area contributed by atoms with E-state index in [-0.39, 0.29) is 5.91 Å². The van der Waals surface area contributed by atoms with Crippen LogP contribution in [0.15, 0.2) is 30.6 Å².